The van der Waals surface area contributed by atoms with Gasteiger partial charge in [0, 0.05) is 19.1 Å². The van der Waals surface area contributed by atoms with Crippen LogP contribution in [-0.2, 0) is 4.79 Å². The predicted octanol–water partition coefficient (Wildman–Crippen LogP) is 1.29. The normalized spacial score (nSPS) is 29.5. The van der Waals surface area contributed by atoms with Crippen LogP contribution in [0.1, 0.15) is 36.9 Å². The monoisotopic (exact) mass is 350 g/mol. The van der Waals surface area contributed by atoms with Crippen molar-refractivity contribution in [1.82, 2.24) is 15.2 Å². The van der Waals surface area contributed by atoms with Gasteiger partial charge in [0.2, 0.25) is 5.91 Å². The van der Waals surface area contributed by atoms with Crippen molar-refractivity contribution in [3.63, 3.8) is 0 Å². The van der Waals surface area contributed by atoms with Gasteiger partial charge in [-0.1, -0.05) is 0 Å². The number of hydrogen-bond donors (Lipinski definition) is 1. The molecule has 0 spiro atoms. The Kier molecular flexibility index (Phi) is 4.16. The van der Waals surface area contributed by atoms with E-state index in [1.807, 2.05) is 17.9 Å². The maximum Gasteiger partial charge on any atom is 0.225 e. The Hall–Kier alpha value is -2.80. The van der Waals surface area contributed by atoms with E-state index in [1.54, 1.807) is 6.07 Å². The molecule has 4 heterocycles. The molecule has 3 aliphatic heterocycles. The highest BCUT2D eigenvalue weighted by molar-refractivity contribution is 5.80. The second-order valence-corrected chi connectivity index (χ2v) is 7.59. The van der Waals surface area contributed by atoms with Crippen molar-refractivity contribution in [3.8, 4) is 12.3 Å². The van der Waals surface area contributed by atoms with Gasteiger partial charge >= 0.3 is 0 Å². The van der Waals surface area contributed by atoms with Crippen molar-refractivity contribution in [2.24, 2.45) is 5.92 Å². The zero-order valence-electron chi connectivity index (χ0n) is 14.9. The fourth-order valence-corrected chi connectivity index (χ4v) is 4.65. The molecule has 4 atom stereocenters. The first-order valence-corrected chi connectivity index (χ1v) is 9.21. The van der Waals surface area contributed by atoms with Crippen LogP contribution >= 0.6 is 0 Å². The SMILES string of the molecule is Cc1cc(C#N)nc(N2CC[C@H](C(=O)N[C@@H]3C[C@@H]4CC[C@H]3N4C#N)C2)c1. The van der Waals surface area contributed by atoms with Crippen molar-refractivity contribution in [3.05, 3.63) is 23.4 Å². The van der Waals surface area contributed by atoms with Gasteiger partial charge in [-0.25, -0.2) is 4.98 Å². The van der Waals surface area contributed by atoms with E-state index in [0.29, 0.717) is 18.3 Å². The Bertz CT molecular complexity index is 809. The highest BCUT2D eigenvalue weighted by Crippen LogP contribution is 2.37. The van der Waals surface area contributed by atoms with Gasteiger partial charge < -0.3 is 15.1 Å². The molecule has 0 aliphatic carbocycles. The number of aryl methyl sites for hydroxylation is 1. The molecule has 2 bridgehead atoms. The van der Waals surface area contributed by atoms with Crippen molar-refractivity contribution >= 4 is 11.7 Å². The zero-order valence-corrected chi connectivity index (χ0v) is 14.9. The molecule has 1 N–H and O–H groups in total. The first kappa shape index (κ1) is 16.7. The summed E-state index contributed by atoms with van der Waals surface area (Å²) >= 11 is 0. The molecule has 1 aromatic rings. The summed E-state index contributed by atoms with van der Waals surface area (Å²) in [5.41, 5.74) is 1.41. The number of nitrogens with zero attached hydrogens (tertiary/aromatic N) is 5. The molecule has 1 aromatic heterocycles. The number of rotatable bonds is 3. The maximum absolute atomic E-state index is 12.7. The molecule has 0 saturated carbocycles. The number of nitrogens with one attached hydrogen (secondary N) is 1. The Morgan fingerprint density at radius 1 is 1.31 bits per heavy atom. The molecule has 26 heavy (non-hydrogen) atoms. The van der Waals surface area contributed by atoms with Gasteiger partial charge in [-0.2, -0.15) is 10.5 Å². The summed E-state index contributed by atoms with van der Waals surface area (Å²) in [6, 6.07) is 6.38. The van der Waals surface area contributed by atoms with Crippen LogP contribution in [0.5, 0.6) is 0 Å². The molecule has 3 aliphatic rings. The lowest BCUT2D eigenvalue weighted by Crippen LogP contribution is -2.46. The third-order valence-electron chi connectivity index (χ3n) is 5.93. The molecular weight excluding hydrogens is 328 g/mol. The van der Waals surface area contributed by atoms with Gasteiger partial charge in [0.1, 0.15) is 17.6 Å². The third kappa shape index (κ3) is 2.84. The molecule has 0 radical (unpaired) electrons. The third-order valence-corrected chi connectivity index (χ3v) is 5.93. The Morgan fingerprint density at radius 3 is 2.88 bits per heavy atom. The highest BCUT2D eigenvalue weighted by Gasteiger charge is 2.47. The number of amides is 1. The van der Waals surface area contributed by atoms with E-state index in [0.717, 1.165) is 43.6 Å². The molecule has 3 saturated heterocycles. The van der Waals surface area contributed by atoms with Gasteiger partial charge in [-0.05, 0) is 50.3 Å². The van der Waals surface area contributed by atoms with Crippen LogP contribution in [0.3, 0.4) is 0 Å². The number of anilines is 1. The summed E-state index contributed by atoms with van der Waals surface area (Å²) in [7, 11) is 0. The van der Waals surface area contributed by atoms with Crippen LogP contribution in [0.15, 0.2) is 12.1 Å². The van der Waals surface area contributed by atoms with Gasteiger partial charge in [-0.3, -0.25) is 4.79 Å². The molecule has 7 nitrogen and oxygen atoms in total. The molecule has 134 valence electrons. The summed E-state index contributed by atoms with van der Waals surface area (Å²) in [6.07, 6.45) is 5.99. The number of carbonyl (C=O) groups is 1. The Morgan fingerprint density at radius 2 is 2.15 bits per heavy atom. The zero-order chi connectivity index (χ0) is 18.3. The van der Waals surface area contributed by atoms with Crippen molar-refractivity contribution in [2.45, 2.75) is 50.7 Å². The smallest absolute Gasteiger partial charge is 0.225 e. The van der Waals surface area contributed by atoms with Gasteiger partial charge in [0.15, 0.2) is 6.19 Å². The summed E-state index contributed by atoms with van der Waals surface area (Å²) < 4.78 is 0. The van der Waals surface area contributed by atoms with E-state index in [-0.39, 0.29) is 23.9 Å². The maximum atomic E-state index is 12.7. The van der Waals surface area contributed by atoms with E-state index >= 15 is 0 Å². The minimum absolute atomic E-state index is 0.0717. The minimum atomic E-state index is -0.0717. The van der Waals surface area contributed by atoms with E-state index < -0.39 is 0 Å². The molecule has 0 unspecified atom stereocenters. The molecule has 3 fully saturated rings. The summed E-state index contributed by atoms with van der Waals surface area (Å²) in [5, 5.41) is 21.6. The van der Waals surface area contributed by atoms with Crippen LogP contribution < -0.4 is 10.2 Å². The molecule has 0 aromatic carbocycles. The highest BCUT2D eigenvalue weighted by atomic mass is 16.2. The lowest BCUT2D eigenvalue weighted by Gasteiger charge is -2.24. The quantitative estimate of drug-likeness (QED) is 0.825. The van der Waals surface area contributed by atoms with E-state index in [1.165, 1.54) is 0 Å². The standard InChI is InChI=1S/C19H22N6O/c1-12-6-14(9-20)22-18(7-12)24-5-4-13(10-24)19(26)23-16-8-15-2-3-17(16)25(15)11-21/h6-7,13,15-17H,2-5,8,10H2,1H3,(H,23,26)/t13-,15-,16+,17+/m0/s1. The van der Waals surface area contributed by atoms with Crippen LogP contribution in [0.25, 0.3) is 0 Å². The second-order valence-electron chi connectivity index (χ2n) is 7.59. The Balaban J connectivity index is 1.39. The molecular formula is C19H22N6O. The number of pyridine rings is 1. The van der Waals surface area contributed by atoms with Crippen LogP contribution in [-0.4, -0.2) is 47.0 Å². The first-order chi connectivity index (χ1) is 12.6. The summed E-state index contributed by atoms with van der Waals surface area (Å²) in [5.74, 6) is 0.779. The fourth-order valence-electron chi connectivity index (χ4n) is 4.65. The molecule has 4 rings (SSSR count). The topological polar surface area (TPSA) is 96.0 Å². The fraction of sp³-hybridized carbons (Fsp3) is 0.579. The van der Waals surface area contributed by atoms with Crippen molar-refractivity contribution in [1.29, 1.82) is 10.5 Å². The second kappa shape index (κ2) is 6.49. The van der Waals surface area contributed by atoms with Crippen LogP contribution in [0.4, 0.5) is 5.82 Å². The average molecular weight is 350 g/mol. The van der Waals surface area contributed by atoms with E-state index in [2.05, 4.69) is 27.5 Å². The number of carbonyl (C=O) groups excluding carboxylic acids is 1. The number of fused-ring (bicyclic) bond motifs is 2. The number of aromatic nitrogens is 1. The number of hydrogen-bond acceptors (Lipinski definition) is 6. The molecule has 1 amide bonds. The van der Waals surface area contributed by atoms with E-state index in [9.17, 15) is 10.1 Å². The van der Waals surface area contributed by atoms with Crippen LogP contribution in [0, 0.1) is 35.6 Å². The van der Waals surface area contributed by atoms with Crippen molar-refractivity contribution < 1.29 is 4.79 Å². The van der Waals surface area contributed by atoms with E-state index in [4.69, 9.17) is 5.26 Å². The first-order valence-electron chi connectivity index (χ1n) is 9.21. The Labute approximate surface area is 153 Å². The largest absolute Gasteiger partial charge is 0.356 e. The lowest BCUT2D eigenvalue weighted by molar-refractivity contribution is -0.125. The predicted molar refractivity (Wildman–Crippen MR) is 94.8 cm³/mol. The lowest BCUT2D eigenvalue weighted by atomic mass is 9.95. The minimum Gasteiger partial charge on any atom is -0.356 e. The van der Waals surface area contributed by atoms with Gasteiger partial charge in [0.05, 0.1) is 18.0 Å². The van der Waals surface area contributed by atoms with Gasteiger partial charge in [0.25, 0.3) is 0 Å². The number of nitriles is 2. The average Bonchev–Trinajstić information content (AvgIpc) is 3.35. The van der Waals surface area contributed by atoms with Gasteiger partial charge in [-0.15, -0.1) is 0 Å². The molecule has 7 heteroatoms. The summed E-state index contributed by atoms with van der Waals surface area (Å²) in [4.78, 5) is 21.1. The van der Waals surface area contributed by atoms with Crippen LogP contribution in [0.2, 0.25) is 0 Å². The summed E-state index contributed by atoms with van der Waals surface area (Å²) in [6.45, 7) is 3.33. The van der Waals surface area contributed by atoms with Crippen molar-refractivity contribution in [2.75, 3.05) is 18.0 Å².